The van der Waals surface area contributed by atoms with Crippen LogP contribution in [0.3, 0.4) is 0 Å². The zero-order valence-corrected chi connectivity index (χ0v) is 15.5. The molecule has 3 rings (SSSR count). The Kier molecular flexibility index (Phi) is 5.49. The zero-order valence-electron chi connectivity index (χ0n) is 15.5. The van der Waals surface area contributed by atoms with E-state index in [1.807, 2.05) is 0 Å². The number of hydrogen-bond donors (Lipinski definition) is 2. The van der Waals surface area contributed by atoms with Gasteiger partial charge in [0.05, 0.1) is 25.5 Å². The van der Waals surface area contributed by atoms with Crippen molar-refractivity contribution in [3.05, 3.63) is 47.5 Å². The van der Waals surface area contributed by atoms with Crippen LogP contribution in [0.15, 0.2) is 36.4 Å². The van der Waals surface area contributed by atoms with Crippen molar-refractivity contribution in [1.82, 2.24) is 4.90 Å². The molecule has 2 aromatic carbocycles. The van der Waals surface area contributed by atoms with E-state index in [0.717, 1.165) is 12.8 Å². The van der Waals surface area contributed by atoms with Crippen LogP contribution in [-0.2, 0) is 0 Å². The molecule has 0 radical (unpaired) electrons. The highest BCUT2D eigenvalue weighted by molar-refractivity contribution is 6.09. The molecule has 0 spiro atoms. The number of benzene rings is 2. The normalized spacial score (nSPS) is 13.3. The number of carbonyl (C=O) groups excluding carboxylic acids is 2. The second-order valence-corrected chi connectivity index (χ2v) is 6.33. The number of hydrogen-bond acceptors (Lipinski definition) is 5. The molecule has 3 N–H and O–H groups in total. The molecule has 1 aliphatic rings. The molecule has 1 heterocycles. The van der Waals surface area contributed by atoms with Crippen molar-refractivity contribution in [2.75, 3.05) is 38.4 Å². The monoisotopic (exact) mass is 369 g/mol. The lowest BCUT2D eigenvalue weighted by atomic mass is 10.1. The first-order chi connectivity index (χ1) is 13.0. The number of nitrogen functional groups attached to an aromatic ring is 1. The summed E-state index contributed by atoms with van der Waals surface area (Å²) in [6.45, 7) is 1.41. The summed E-state index contributed by atoms with van der Waals surface area (Å²) < 4.78 is 10.6. The smallest absolute Gasteiger partial charge is 0.256 e. The van der Waals surface area contributed by atoms with E-state index in [0.29, 0.717) is 47.1 Å². The molecular formula is C20H23N3O4. The molecule has 0 saturated carbocycles. The molecule has 1 fully saturated rings. The number of methoxy groups -OCH3 is 2. The highest BCUT2D eigenvalue weighted by Gasteiger charge is 2.25. The summed E-state index contributed by atoms with van der Waals surface area (Å²) in [5.74, 6) is 0.363. The Labute approximate surface area is 158 Å². The number of nitrogens with zero attached hydrogens (tertiary/aromatic N) is 1. The molecule has 7 nitrogen and oxygen atoms in total. The third kappa shape index (κ3) is 3.97. The van der Waals surface area contributed by atoms with Gasteiger partial charge in [-0.15, -0.1) is 0 Å². The van der Waals surface area contributed by atoms with Crippen LogP contribution >= 0.6 is 0 Å². The number of carbonyl (C=O) groups is 2. The number of nitrogens with two attached hydrogens (primary N) is 1. The van der Waals surface area contributed by atoms with Crippen LogP contribution < -0.4 is 20.5 Å². The maximum atomic E-state index is 13.0. The first-order valence-electron chi connectivity index (χ1n) is 8.75. The lowest BCUT2D eigenvalue weighted by Crippen LogP contribution is -2.29. The Bertz CT molecular complexity index is 860. The second-order valence-electron chi connectivity index (χ2n) is 6.33. The molecule has 0 atom stereocenters. The Morgan fingerprint density at radius 1 is 1.04 bits per heavy atom. The van der Waals surface area contributed by atoms with E-state index in [2.05, 4.69) is 5.32 Å². The predicted octanol–water partition coefficient (Wildman–Crippen LogP) is 2.77. The van der Waals surface area contributed by atoms with Crippen LogP contribution in [0.5, 0.6) is 11.5 Å². The second kappa shape index (κ2) is 7.99. The van der Waals surface area contributed by atoms with Crippen molar-refractivity contribution < 1.29 is 19.1 Å². The molecule has 142 valence electrons. The van der Waals surface area contributed by atoms with Crippen LogP contribution in [0.1, 0.15) is 33.6 Å². The molecule has 27 heavy (non-hydrogen) atoms. The standard InChI is InChI=1S/C20H23N3O4/c1-26-17-11-15(20(25)23-8-3-4-9-23)16(12-18(17)27-2)22-19(24)13-6-5-7-14(21)10-13/h5-7,10-12H,3-4,8-9,21H2,1-2H3,(H,22,24). The molecule has 1 aliphatic heterocycles. The Balaban J connectivity index is 1.98. The van der Waals surface area contributed by atoms with E-state index < -0.39 is 0 Å². The summed E-state index contributed by atoms with van der Waals surface area (Å²) in [4.78, 5) is 27.4. The van der Waals surface area contributed by atoms with Gasteiger partial charge in [-0.25, -0.2) is 0 Å². The van der Waals surface area contributed by atoms with Gasteiger partial charge in [0.15, 0.2) is 11.5 Å². The largest absolute Gasteiger partial charge is 0.493 e. The van der Waals surface area contributed by atoms with E-state index in [9.17, 15) is 9.59 Å². The molecule has 2 amide bonds. The van der Waals surface area contributed by atoms with E-state index in [4.69, 9.17) is 15.2 Å². The average Bonchev–Trinajstić information content (AvgIpc) is 3.21. The fourth-order valence-corrected chi connectivity index (χ4v) is 3.12. The van der Waals surface area contributed by atoms with Gasteiger partial charge < -0.3 is 25.4 Å². The molecular weight excluding hydrogens is 346 g/mol. The lowest BCUT2D eigenvalue weighted by molar-refractivity contribution is 0.0793. The quantitative estimate of drug-likeness (QED) is 0.791. The van der Waals surface area contributed by atoms with Crippen molar-refractivity contribution in [2.24, 2.45) is 0 Å². The van der Waals surface area contributed by atoms with E-state index >= 15 is 0 Å². The number of amides is 2. The molecule has 0 aromatic heterocycles. The summed E-state index contributed by atoms with van der Waals surface area (Å²) >= 11 is 0. The van der Waals surface area contributed by atoms with Gasteiger partial charge in [0.1, 0.15) is 0 Å². The maximum Gasteiger partial charge on any atom is 0.256 e. The van der Waals surface area contributed by atoms with Crippen LogP contribution in [0.25, 0.3) is 0 Å². The summed E-state index contributed by atoms with van der Waals surface area (Å²) in [5.41, 5.74) is 7.39. The van der Waals surface area contributed by atoms with Crippen molar-refractivity contribution in [2.45, 2.75) is 12.8 Å². The highest BCUT2D eigenvalue weighted by Crippen LogP contribution is 2.34. The zero-order chi connectivity index (χ0) is 19.4. The van der Waals surface area contributed by atoms with Crippen molar-refractivity contribution in [1.29, 1.82) is 0 Å². The fraction of sp³-hybridized carbons (Fsp3) is 0.300. The Morgan fingerprint density at radius 2 is 1.70 bits per heavy atom. The molecule has 0 aliphatic carbocycles. The first-order valence-corrected chi connectivity index (χ1v) is 8.75. The Morgan fingerprint density at radius 3 is 2.33 bits per heavy atom. The number of rotatable bonds is 5. The highest BCUT2D eigenvalue weighted by atomic mass is 16.5. The van der Waals surface area contributed by atoms with Gasteiger partial charge in [0.2, 0.25) is 0 Å². The summed E-state index contributed by atoms with van der Waals surface area (Å²) in [7, 11) is 3.01. The summed E-state index contributed by atoms with van der Waals surface area (Å²) in [5, 5.41) is 2.81. The summed E-state index contributed by atoms with van der Waals surface area (Å²) in [6.07, 6.45) is 1.95. The van der Waals surface area contributed by atoms with Gasteiger partial charge in [-0.2, -0.15) is 0 Å². The molecule has 7 heteroatoms. The van der Waals surface area contributed by atoms with Gasteiger partial charge in [0.25, 0.3) is 11.8 Å². The molecule has 1 saturated heterocycles. The lowest BCUT2D eigenvalue weighted by Gasteiger charge is -2.20. The predicted molar refractivity (Wildman–Crippen MR) is 103 cm³/mol. The van der Waals surface area contributed by atoms with Crippen molar-refractivity contribution in [3.63, 3.8) is 0 Å². The fourth-order valence-electron chi connectivity index (χ4n) is 3.12. The maximum absolute atomic E-state index is 13.0. The minimum absolute atomic E-state index is 0.142. The molecule has 2 aromatic rings. The van der Waals surface area contributed by atoms with E-state index in [1.165, 1.54) is 14.2 Å². The third-order valence-electron chi connectivity index (χ3n) is 4.54. The van der Waals surface area contributed by atoms with Gasteiger partial charge >= 0.3 is 0 Å². The topological polar surface area (TPSA) is 93.9 Å². The number of ether oxygens (including phenoxy) is 2. The van der Waals surface area contributed by atoms with Crippen LogP contribution in [0, 0.1) is 0 Å². The molecule has 0 unspecified atom stereocenters. The van der Waals surface area contributed by atoms with Gasteiger partial charge in [-0.3, -0.25) is 9.59 Å². The van der Waals surface area contributed by atoms with E-state index in [1.54, 1.807) is 41.3 Å². The van der Waals surface area contributed by atoms with Crippen LogP contribution in [0.4, 0.5) is 11.4 Å². The number of likely N-dealkylation sites (tertiary alicyclic amines) is 1. The number of anilines is 2. The first kappa shape index (κ1) is 18.6. The average molecular weight is 369 g/mol. The van der Waals surface area contributed by atoms with Gasteiger partial charge in [-0.1, -0.05) is 6.07 Å². The van der Waals surface area contributed by atoms with Crippen molar-refractivity contribution >= 4 is 23.2 Å². The number of nitrogens with one attached hydrogen (secondary N) is 1. The van der Waals surface area contributed by atoms with Crippen LogP contribution in [-0.4, -0.2) is 44.0 Å². The van der Waals surface area contributed by atoms with Gasteiger partial charge in [0, 0.05) is 30.4 Å². The third-order valence-corrected chi connectivity index (χ3v) is 4.54. The molecule has 0 bridgehead atoms. The SMILES string of the molecule is COc1cc(NC(=O)c2cccc(N)c2)c(C(=O)N2CCCC2)cc1OC. The minimum Gasteiger partial charge on any atom is -0.493 e. The minimum atomic E-state index is -0.356. The van der Waals surface area contributed by atoms with Crippen LogP contribution in [0.2, 0.25) is 0 Å². The van der Waals surface area contributed by atoms with Crippen molar-refractivity contribution in [3.8, 4) is 11.5 Å². The summed E-state index contributed by atoms with van der Waals surface area (Å²) in [6, 6.07) is 9.86. The Hall–Kier alpha value is -3.22. The van der Waals surface area contributed by atoms with E-state index in [-0.39, 0.29) is 11.8 Å². The van der Waals surface area contributed by atoms with Gasteiger partial charge in [-0.05, 0) is 37.1 Å².